The maximum atomic E-state index is 11.3. The highest BCUT2D eigenvalue weighted by Gasteiger charge is 2.16. The van der Waals surface area contributed by atoms with Gasteiger partial charge in [-0.15, -0.1) is 0 Å². The molecule has 0 unspecified atom stereocenters. The van der Waals surface area contributed by atoms with E-state index in [1.807, 2.05) is 0 Å². The van der Waals surface area contributed by atoms with Crippen LogP contribution in [-0.4, -0.2) is 16.6 Å². The zero-order chi connectivity index (χ0) is 12.8. The van der Waals surface area contributed by atoms with Crippen LogP contribution in [0.15, 0.2) is 18.2 Å². The van der Waals surface area contributed by atoms with Crippen molar-refractivity contribution in [2.45, 2.75) is 6.42 Å². The van der Waals surface area contributed by atoms with Crippen molar-refractivity contribution in [3.63, 3.8) is 0 Å². The van der Waals surface area contributed by atoms with Crippen molar-refractivity contribution in [3.05, 3.63) is 33.9 Å². The number of nitriles is 1. The minimum Gasteiger partial charge on any atom is -0.320 e. The van der Waals surface area contributed by atoms with Gasteiger partial charge in [-0.3, -0.25) is 14.9 Å². The van der Waals surface area contributed by atoms with E-state index in [4.69, 9.17) is 5.26 Å². The first-order valence-corrected chi connectivity index (χ1v) is 5.31. The Bertz CT molecular complexity index is 496. The molecule has 1 aromatic rings. The van der Waals surface area contributed by atoms with Gasteiger partial charge in [0.2, 0.25) is 5.91 Å². The number of anilines is 1. The summed E-state index contributed by atoms with van der Waals surface area (Å²) in [5.74, 6) is 0.00317. The number of hydrogen-bond donors (Lipinski definition) is 2. The van der Waals surface area contributed by atoms with Crippen molar-refractivity contribution in [3.8, 4) is 6.07 Å². The molecule has 17 heavy (non-hydrogen) atoms. The van der Waals surface area contributed by atoms with Gasteiger partial charge in [-0.25, -0.2) is 0 Å². The second-order valence-electron chi connectivity index (χ2n) is 3.12. The van der Waals surface area contributed by atoms with Crippen molar-refractivity contribution < 1.29 is 9.72 Å². The van der Waals surface area contributed by atoms with E-state index in [1.165, 1.54) is 12.1 Å². The molecule has 0 aliphatic heterocycles. The second kappa shape index (κ2) is 5.86. The minimum absolute atomic E-state index is 0.0841. The van der Waals surface area contributed by atoms with Crippen LogP contribution < -0.4 is 5.32 Å². The summed E-state index contributed by atoms with van der Waals surface area (Å²) in [4.78, 5) is 21.4. The summed E-state index contributed by atoms with van der Waals surface area (Å²) in [6.45, 7) is 0. The number of carbonyl (C=O) groups excluding carboxylic acids is 1. The fraction of sp³-hybridized carbons (Fsp3) is 0.200. The van der Waals surface area contributed by atoms with Crippen LogP contribution in [0.2, 0.25) is 0 Å². The SMILES string of the molecule is N#Cc1ccc(NC(=O)CCS)c([N+](=O)[O-])c1. The van der Waals surface area contributed by atoms with E-state index in [0.717, 1.165) is 6.07 Å². The monoisotopic (exact) mass is 251 g/mol. The second-order valence-corrected chi connectivity index (χ2v) is 3.57. The fourth-order valence-corrected chi connectivity index (χ4v) is 1.38. The summed E-state index contributed by atoms with van der Waals surface area (Å²) < 4.78 is 0. The molecule has 1 N–H and O–H groups in total. The molecule has 0 heterocycles. The Labute approximate surface area is 103 Å². The normalized spacial score (nSPS) is 9.41. The highest BCUT2D eigenvalue weighted by atomic mass is 32.1. The molecule has 7 heteroatoms. The molecule has 0 aromatic heterocycles. The number of amides is 1. The molecule has 0 radical (unpaired) electrons. The minimum atomic E-state index is -0.642. The molecule has 0 atom stereocenters. The molecule has 0 saturated carbocycles. The molecule has 88 valence electrons. The standard InChI is InChI=1S/C10H9N3O3S/c11-6-7-1-2-8(9(5-7)13(15)16)12-10(14)3-4-17/h1-2,5,17H,3-4H2,(H,12,14). The lowest BCUT2D eigenvalue weighted by Crippen LogP contribution is -2.13. The van der Waals surface area contributed by atoms with E-state index in [0.29, 0.717) is 5.75 Å². The average molecular weight is 251 g/mol. The molecule has 0 aliphatic carbocycles. The number of thiol groups is 1. The predicted molar refractivity (Wildman–Crippen MR) is 64.9 cm³/mol. The largest absolute Gasteiger partial charge is 0.320 e. The molecule has 0 bridgehead atoms. The highest BCUT2D eigenvalue weighted by Crippen LogP contribution is 2.25. The Balaban J connectivity index is 3.03. The summed E-state index contributed by atoms with van der Waals surface area (Å²) in [7, 11) is 0. The Hall–Kier alpha value is -2.07. The molecular formula is C10H9N3O3S. The van der Waals surface area contributed by atoms with E-state index >= 15 is 0 Å². The molecule has 0 saturated heterocycles. The van der Waals surface area contributed by atoms with E-state index in [2.05, 4.69) is 17.9 Å². The average Bonchev–Trinajstić information content (AvgIpc) is 2.29. The van der Waals surface area contributed by atoms with Crippen LogP contribution >= 0.6 is 12.6 Å². The van der Waals surface area contributed by atoms with Crippen molar-refractivity contribution in [1.29, 1.82) is 5.26 Å². The summed E-state index contributed by atoms with van der Waals surface area (Å²) >= 11 is 3.89. The molecule has 0 aliphatic rings. The van der Waals surface area contributed by atoms with Gasteiger partial charge in [0.1, 0.15) is 5.69 Å². The van der Waals surface area contributed by atoms with Gasteiger partial charge in [0.15, 0.2) is 0 Å². The molecule has 6 nitrogen and oxygen atoms in total. The van der Waals surface area contributed by atoms with Gasteiger partial charge in [0.25, 0.3) is 5.69 Å². The van der Waals surface area contributed by atoms with Crippen LogP contribution in [0.25, 0.3) is 0 Å². The van der Waals surface area contributed by atoms with Crippen LogP contribution in [0, 0.1) is 21.4 Å². The van der Waals surface area contributed by atoms with Gasteiger partial charge < -0.3 is 5.32 Å². The molecular weight excluding hydrogens is 242 g/mol. The summed E-state index contributed by atoms with van der Waals surface area (Å²) in [6, 6.07) is 5.67. The molecule has 1 amide bonds. The Morgan fingerprint density at radius 3 is 2.82 bits per heavy atom. The first-order valence-electron chi connectivity index (χ1n) is 4.67. The van der Waals surface area contributed by atoms with Gasteiger partial charge in [-0.2, -0.15) is 17.9 Å². The first-order chi connectivity index (χ1) is 8.08. The number of carbonyl (C=O) groups is 1. The van der Waals surface area contributed by atoms with Crippen molar-refractivity contribution >= 4 is 29.9 Å². The van der Waals surface area contributed by atoms with Crippen molar-refractivity contribution in [1.82, 2.24) is 0 Å². The van der Waals surface area contributed by atoms with Crippen molar-refractivity contribution in [2.24, 2.45) is 0 Å². The fourth-order valence-electron chi connectivity index (χ4n) is 1.17. The van der Waals surface area contributed by atoms with Crippen LogP contribution in [0.1, 0.15) is 12.0 Å². The Morgan fingerprint density at radius 1 is 1.59 bits per heavy atom. The zero-order valence-electron chi connectivity index (χ0n) is 8.71. The third kappa shape index (κ3) is 3.46. The maximum absolute atomic E-state index is 11.3. The van der Waals surface area contributed by atoms with Gasteiger partial charge in [-0.1, -0.05) is 0 Å². The topological polar surface area (TPSA) is 96.0 Å². The van der Waals surface area contributed by atoms with E-state index < -0.39 is 4.92 Å². The number of nitrogens with zero attached hydrogens (tertiary/aromatic N) is 2. The number of nitrogens with one attached hydrogen (secondary N) is 1. The molecule has 0 fully saturated rings. The third-order valence-electron chi connectivity index (χ3n) is 1.94. The summed E-state index contributed by atoms with van der Waals surface area (Å²) in [6.07, 6.45) is 0.167. The first kappa shape index (κ1) is 13.0. The van der Waals surface area contributed by atoms with Crippen LogP contribution in [0.4, 0.5) is 11.4 Å². The molecule has 0 spiro atoms. The molecule has 1 aromatic carbocycles. The summed E-state index contributed by atoms with van der Waals surface area (Å²) in [5.41, 5.74) is -0.0405. The van der Waals surface area contributed by atoms with E-state index in [1.54, 1.807) is 6.07 Å². The van der Waals surface area contributed by atoms with Gasteiger partial charge in [0.05, 0.1) is 16.6 Å². The van der Waals surface area contributed by atoms with Gasteiger partial charge in [0, 0.05) is 12.5 Å². The van der Waals surface area contributed by atoms with Crippen LogP contribution in [-0.2, 0) is 4.79 Å². The maximum Gasteiger partial charge on any atom is 0.294 e. The van der Waals surface area contributed by atoms with E-state index in [-0.39, 0.29) is 29.3 Å². The lowest BCUT2D eigenvalue weighted by Gasteiger charge is -2.05. The third-order valence-corrected chi connectivity index (χ3v) is 2.16. The lowest BCUT2D eigenvalue weighted by molar-refractivity contribution is -0.383. The number of hydrogen-bond acceptors (Lipinski definition) is 5. The van der Waals surface area contributed by atoms with E-state index in [9.17, 15) is 14.9 Å². The Morgan fingerprint density at radius 2 is 2.29 bits per heavy atom. The smallest absolute Gasteiger partial charge is 0.294 e. The van der Waals surface area contributed by atoms with Crippen LogP contribution in [0.3, 0.4) is 0 Å². The number of benzene rings is 1. The molecule has 1 rings (SSSR count). The lowest BCUT2D eigenvalue weighted by atomic mass is 10.2. The Kier molecular flexibility index (Phi) is 4.48. The van der Waals surface area contributed by atoms with Gasteiger partial charge in [-0.05, 0) is 17.9 Å². The van der Waals surface area contributed by atoms with Crippen molar-refractivity contribution in [2.75, 3.05) is 11.1 Å². The summed E-state index contributed by atoms with van der Waals surface area (Å²) in [5, 5.41) is 21.8. The zero-order valence-corrected chi connectivity index (χ0v) is 9.61. The number of rotatable bonds is 4. The highest BCUT2D eigenvalue weighted by molar-refractivity contribution is 7.80. The van der Waals surface area contributed by atoms with Gasteiger partial charge >= 0.3 is 0 Å². The number of nitro groups is 1. The predicted octanol–water partition coefficient (Wildman–Crippen LogP) is 1.72. The quantitative estimate of drug-likeness (QED) is 0.484. The van der Waals surface area contributed by atoms with Crippen LogP contribution in [0.5, 0.6) is 0 Å². The number of nitro benzene ring substituents is 1.